The van der Waals surface area contributed by atoms with Crippen molar-refractivity contribution in [1.82, 2.24) is 10.3 Å². The third-order valence-corrected chi connectivity index (χ3v) is 4.80. The number of aryl methyl sites for hydroxylation is 1. The van der Waals surface area contributed by atoms with Gasteiger partial charge in [0.05, 0.1) is 5.54 Å². The van der Waals surface area contributed by atoms with Crippen molar-refractivity contribution < 1.29 is 4.79 Å². The molecule has 0 aliphatic carbocycles. The lowest BCUT2D eigenvalue weighted by Crippen LogP contribution is -2.42. The van der Waals surface area contributed by atoms with Crippen molar-refractivity contribution in [2.45, 2.75) is 64.8 Å². The first-order valence-corrected chi connectivity index (χ1v) is 8.33. The van der Waals surface area contributed by atoms with E-state index < -0.39 is 0 Å². The van der Waals surface area contributed by atoms with Gasteiger partial charge in [-0.15, -0.1) is 11.3 Å². The van der Waals surface area contributed by atoms with Gasteiger partial charge in [-0.25, -0.2) is 4.98 Å². The molecule has 0 bridgehead atoms. The van der Waals surface area contributed by atoms with E-state index >= 15 is 0 Å². The van der Waals surface area contributed by atoms with Crippen molar-refractivity contribution in [1.29, 1.82) is 0 Å². The molecule has 1 unspecified atom stereocenters. The number of hydrogen-bond donors (Lipinski definition) is 2. The van der Waals surface area contributed by atoms with Crippen LogP contribution < -0.4 is 11.1 Å². The first-order chi connectivity index (χ1) is 9.51. The number of thiazole rings is 1. The summed E-state index contributed by atoms with van der Waals surface area (Å²) in [6, 6.07) is 0. The Labute approximate surface area is 126 Å². The quantitative estimate of drug-likeness (QED) is 0.688. The van der Waals surface area contributed by atoms with Crippen LogP contribution in [0.2, 0.25) is 0 Å². The summed E-state index contributed by atoms with van der Waals surface area (Å²) >= 11 is 1.62. The number of aromatic nitrogens is 1. The average molecular weight is 297 g/mol. The summed E-state index contributed by atoms with van der Waals surface area (Å²) in [6.45, 7) is 6.86. The van der Waals surface area contributed by atoms with Crippen molar-refractivity contribution >= 4 is 17.2 Å². The molecule has 0 saturated heterocycles. The fourth-order valence-corrected chi connectivity index (χ4v) is 3.04. The number of unbranched alkanes of at least 4 members (excludes halogenated alkanes) is 3. The van der Waals surface area contributed by atoms with E-state index in [1.807, 2.05) is 12.3 Å². The summed E-state index contributed by atoms with van der Waals surface area (Å²) in [7, 11) is 0. The molecule has 0 aliphatic heterocycles. The number of nitrogens with zero attached hydrogens (tertiary/aromatic N) is 1. The lowest BCUT2D eigenvalue weighted by atomic mass is 9.99. The third-order valence-electron chi connectivity index (χ3n) is 3.57. The van der Waals surface area contributed by atoms with Gasteiger partial charge < -0.3 is 11.1 Å². The van der Waals surface area contributed by atoms with Gasteiger partial charge in [0.1, 0.15) is 5.01 Å². The molecule has 114 valence electrons. The first kappa shape index (κ1) is 17.1. The SMILES string of the molecule is CCC(C)(NC(=O)CCCCCCN)c1nc(C)cs1. The number of rotatable bonds is 9. The predicted octanol–water partition coefficient (Wildman–Crippen LogP) is 3.10. The van der Waals surface area contributed by atoms with Gasteiger partial charge in [-0.2, -0.15) is 0 Å². The Morgan fingerprint density at radius 2 is 2.10 bits per heavy atom. The number of nitrogens with two attached hydrogens (primary N) is 1. The van der Waals surface area contributed by atoms with Crippen LogP contribution in [0.3, 0.4) is 0 Å². The molecule has 1 atom stereocenters. The Morgan fingerprint density at radius 3 is 2.65 bits per heavy atom. The van der Waals surface area contributed by atoms with Gasteiger partial charge in [0.2, 0.25) is 5.91 Å². The van der Waals surface area contributed by atoms with Crippen LogP contribution in [0, 0.1) is 6.92 Å². The summed E-state index contributed by atoms with van der Waals surface area (Å²) in [5.41, 5.74) is 6.13. The van der Waals surface area contributed by atoms with Gasteiger partial charge in [-0.1, -0.05) is 19.8 Å². The van der Waals surface area contributed by atoms with Gasteiger partial charge >= 0.3 is 0 Å². The van der Waals surface area contributed by atoms with Crippen LogP contribution in [-0.2, 0) is 10.3 Å². The molecule has 1 heterocycles. The number of carbonyl (C=O) groups is 1. The molecule has 0 radical (unpaired) electrons. The molecular formula is C15H27N3OS. The molecule has 1 rings (SSSR count). The zero-order valence-electron chi connectivity index (χ0n) is 12.9. The highest BCUT2D eigenvalue weighted by Crippen LogP contribution is 2.27. The molecule has 1 aromatic heterocycles. The Hall–Kier alpha value is -0.940. The van der Waals surface area contributed by atoms with E-state index in [2.05, 4.69) is 24.1 Å². The number of amides is 1. The monoisotopic (exact) mass is 297 g/mol. The van der Waals surface area contributed by atoms with Crippen LogP contribution in [0.5, 0.6) is 0 Å². The van der Waals surface area contributed by atoms with E-state index in [4.69, 9.17) is 5.73 Å². The van der Waals surface area contributed by atoms with Crippen molar-refractivity contribution in [3.8, 4) is 0 Å². The van der Waals surface area contributed by atoms with E-state index in [9.17, 15) is 4.79 Å². The predicted molar refractivity (Wildman–Crippen MR) is 84.8 cm³/mol. The van der Waals surface area contributed by atoms with Crippen LogP contribution >= 0.6 is 11.3 Å². The lowest BCUT2D eigenvalue weighted by Gasteiger charge is -2.27. The van der Waals surface area contributed by atoms with Gasteiger partial charge in [-0.05, 0) is 39.7 Å². The molecule has 20 heavy (non-hydrogen) atoms. The normalized spacial score (nSPS) is 14.0. The maximum Gasteiger partial charge on any atom is 0.220 e. The molecule has 1 amide bonds. The highest BCUT2D eigenvalue weighted by atomic mass is 32.1. The van der Waals surface area contributed by atoms with Crippen molar-refractivity contribution in [3.05, 3.63) is 16.1 Å². The maximum absolute atomic E-state index is 12.1. The molecule has 4 nitrogen and oxygen atoms in total. The van der Waals surface area contributed by atoms with Gasteiger partial charge in [-0.3, -0.25) is 4.79 Å². The second-order valence-electron chi connectivity index (χ2n) is 5.48. The van der Waals surface area contributed by atoms with Crippen molar-refractivity contribution in [2.75, 3.05) is 6.54 Å². The minimum Gasteiger partial charge on any atom is -0.344 e. The molecule has 1 aromatic rings. The Balaban J connectivity index is 2.45. The highest BCUT2D eigenvalue weighted by Gasteiger charge is 2.29. The Morgan fingerprint density at radius 1 is 1.40 bits per heavy atom. The van der Waals surface area contributed by atoms with E-state index in [1.54, 1.807) is 11.3 Å². The minimum atomic E-state index is -0.340. The van der Waals surface area contributed by atoms with Crippen molar-refractivity contribution in [3.63, 3.8) is 0 Å². The van der Waals surface area contributed by atoms with Gasteiger partial charge in [0.25, 0.3) is 0 Å². The van der Waals surface area contributed by atoms with E-state index in [1.165, 1.54) is 0 Å². The average Bonchev–Trinajstić information content (AvgIpc) is 2.85. The highest BCUT2D eigenvalue weighted by molar-refractivity contribution is 7.09. The molecule has 3 N–H and O–H groups in total. The largest absolute Gasteiger partial charge is 0.344 e. The third kappa shape index (κ3) is 5.21. The maximum atomic E-state index is 12.1. The minimum absolute atomic E-state index is 0.120. The zero-order chi connectivity index (χ0) is 15.0. The number of nitrogens with one attached hydrogen (secondary N) is 1. The van der Waals surface area contributed by atoms with Crippen LogP contribution in [0.25, 0.3) is 0 Å². The molecule has 5 heteroatoms. The topological polar surface area (TPSA) is 68.0 Å². The second-order valence-corrected chi connectivity index (χ2v) is 6.34. The van der Waals surface area contributed by atoms with Crippen LogP contribution in [0.1, 0.15) is 63.1 Å². The van der Waals surface area contributed by atoms with Crippen LogP contribution in [0.15, 0.2) is 5.38 Å². The standard InChI is InChI=1S/C15H27N3OS/c1-4-15(3,14-17-12(2)11-20-14)18-13(19)9-7-5-6-8-10-16/h11H,4-10,16H2,1-3H3,(H,18,19). The molecule has 0 spiro atoms. The van der Waals surface area contributed by atoms with Crippen LogP contribution in [0.4, 0.5) is 0 Å². The van der Waals surface area contributed by atoms with Gasteiger partial charge in [0.15, 0.2) is 0 Å². The Kier molecular flexibility index (Phi) is 7.16. The smallest absolute Gasteiger partial charge is 0.220 e. The lowest BCUT2D eigenvalue weighted by molar-refractivity contribution is -0.123. The molecule has 0 fully saturated rings. The van der Waals surface area contributed by atoms with E-state index in [-0.39, 0.29) is 11.4 Å². The molecular weight excluding hydrogens is 270 g/mol. The molecule has 0 aromatic carbocycles. The summed E-state index contributed by atoms with van der Waals surface area (Å²) < 4.78 is 0. The zero-order valence-corrected chi connectivity index (χ0v) is 13.7. The van der Waals surface area contributed by atoms with Crippen molar-refractivity contribution in [2.24, 2.45) is 5.73 Å². The second kappa shape index (κ2) is 8.37. The Bertz CT molecular complexity index is 419. The fraction of sp³-hybridized carbons (Fsp3) is 0.733. The summed E-state index contributed by atoms with van der Waals surface area (Å²) in [6.07, 6.45) is 5.60. The molecule has 0 saturated carbocycles. The fourth-order valence-electron chi connectivity index (χ4n) is 2.05. The summed E-state index contributed by atoms with van der Waals surface area (Å²) in [5.74, 6) is 0.120. The van der Waals surface area contributed by atoms with E-state index in [0.29, 0.717) is 6.42 Å². The summed E-state index contributed by atoms with van der Waals surface area (Å²) in [5, 5.41) is 6.17. The summed E-state index contributed by atoms with van der Waals surface area (Å²) in [4.78, 5) is 16.6. The number of carbonyl (C=O) groups excluding carboxylic acids is 1. The van der Waals surface area contributed by atoms with Gasteiger partial charge in [0, 0.05) is 17.5 Å². The van der Waals surface area contributed by atoms with Crippen LogP contribution in [-0.4, -0.2) is 17.4 Å². The van der Waals surface area contributed by atoms with E-state index in [0.717, 1.165) is 49.4 Å². The first-order valence-electron chi connectivity index (χ1n) is 7.45. The molecule has 0 aliphatic rings. The number of hydrogen-bond acceptors (Lipinski definition) is 4.